The molecule has 0 aliphatic rings. The Morgan fingerprint density at radius 3 is 2.06 bits per heavy atom. The van der Waals surface area contributed by atoms with Crippen molar-refractivity contribution in [1.29, 1.82) is 5.41 Å². The summed E-state index contributed by atoms with van der Waals surface area (Å²) in [5.74, 6) is -0.585. The fraction of sp³-hybridized carbons (Fsp3) is 0. The second kappa shape index (κ2) is 3.66. The smallest absolute Gasteiger partial charge is 0.249 e. The summed E-state index contributed by atoms with van der Waals surface area (Å²) >= 11 is 0. The van der Waals surface area contributed by atoms with Gasteiger partial charge in [0, 0.05) is 16.5 Å². The van der Waals surface area contributed by atoms with Gasteiger partial charge in [0.15, 0.2) is 0 Å². The summed E-state index contributed by atoms with van der Waals surface area (Å²) in [6.45, 7) is 0. The zero-order valence-electron chi connectivity index (χ0n) is 8.53. The molecule has 0 heterocycles. The van der Waals surface area contributed by atoms with Crippen LogP contribution in [0.5, 0.6) is 0 Å². The Balaban J connectivity index is 2.92. The first-order valence-electron chi connectivity index (χ1n) is 4.77. The molecule has 0 aliphatic heterocycles. The lowest BCUT2D eigenvalue weighted by Gasteiger charge is -2.08. The first-order chi connectivity index (χ1) is 7.61. The third-order valence-electron chi connectivity index (χ3n) is 2.46. The van der Waals surface area contributed by atoms with E-state index in [-0.39, 0.29) is 5.84 Å². The van der Waals surface area contributed by atoms with Crippen molar-refractivity contribution in [3.05, 3.63) is 47.5 Å². The average molecular weight is 213 g/mol. The molecule has 0 saturated heterocycles. The summed E-state index contributed by atoms with van der Waals surface area (Å²) < 4.78 is 0. The number of nitrogens with two attached hydrogens (primary N) is 2. The maximum Gasteiger partial charge on any atom is 0.249 e. The fourth-order valence-electron chi connectivity index (χ4n) is 1.77. The van der Waals surface area contributed by atoms with Gasteiger partial charge in [-0.3, -0.25) is 10.2 Å². The molecule has 0 atom stereocenters. The van der Waals surface area contributed by atoms with E-state index in [4.69, 9.17) is 16.9 Å². The molecule has 0 aliphatic carbocycles. The van der Waals surface area contributed by atoms with E-state index in [1.165, 1.54) is 0 Å². The van der Waals surface area contributed by atoms with Crippen LogP contribution in [-0.2, 0) is 0 Å². The van der Waals surface area contributed by atoms with Crippen molar-refractivity contribution in [2.75, 3.05) is 0 Å². The molecule has 4 nitrogen and oxygen atoms in total. The van der Waals surface area contributed by atoms with Crippen LogP contribution < -0.4 is 11.5 Å². The summed E-state index contributed by atoms with van der Waals surface area (Å²) in [7, 11) is 0. The number of rotatable bonds is 2. The number of benzene rings is 2. The topological polar surface area (TPSA) is 93.0 Å². The van der Waals surface area contributed by atoms with Crippen LogP contribution in [0.2, 0.25) is 0 Å². The standard InChI is InChI=1S/C12H11N3O/c13-11(14)8-5-1-3-7-4-2-6-9(10(7)8)12(15)16/h1-6H,(H3,13,14)(H2,15,16). The van der Waals surface area contributed by atoms with Crippen molar-refractivity contribution in [1.82, 2.24) is 0 Å². The van der Waals surface area contributed by atoms with Crippen LogP contribution in [0.4, 0.5) is 0 Å². The van der Waals surface area contributed by atoms with Crippen LogP contribution in [0, 0.1) is 5.41 Å². The summed E-state index contributed by atoms with van der Waals surface area (Å²) in [6.07, 6.45) is 0. The Hall–Kier alpha value is -2.36. The number of primary amides is 1. The lowest BCUT2D eigenvalue weighted by atomic mass is 9.98. The van der Waals surface area contributed by atoms with Gasteiger partial charge in [-0.05, 0) is 11.5 Å². The Morgan fingerprint density at radius 2 is 1.56 bits per heavy atom. The van der Waals surface area contributed by atoms with Gasteiger partial charge in [-0.2, -0.15) is 0 Å². The monoisotopic (exact) mass is 213 g/mol. The molecule has 2 aromatic rings. The number of hydrogen-bond donors (Lipinski definition) is 3. The highest BCUT2D eigenvalue weighted by Gasteiger charge is 2.11. The minimum atomic E-state index is -0.515. The second-order valence-corrected chi connectivity index (χ2v) is 3.49. The first kappa shape index (κ1) is 10.2. The minimum absolute atomic E-state index is 0.0701. The fourth-order valence-corrected chi connectivity index (χ4v) is 1.77. The molecule has 0 aromatic heterocycles. The number of amidine groups is 1. The van der Waals surface area contributed by atoms with E-state index in [0.717, 1.165) is 5.39 Å². The van der Waals surface area contributed by atoms with E-state index in [0.29, 0.717) is 16.5 Å². The average Bonchev–Trinajstić information content (AvgIpc) is 2.27. The van der Waals surface area contributed by atoms with Gasteiger partial charge in [0.1, 0.15) is 5.84 Å². The van der Waals surface area contributed by atoms with Crippen LogP contribution >= 0.6 is 0 Å². The largest absolute Gasteiger partial charge is 0.384 e. The SMILES string of the molecule is N=C(N)c1cccc2cccc(C(N)=O)c12. The van der Waals surface area contributed by atoms with Crippen LogP contribution in [0.3, 0.4) is 0 Å². The van der Waals surface area contributed by atoms with Gasteiger partial charge in [0.2, 0.25) is 5.91 Å². The summed E-state index contributed by atoms with van der Waals surface area (Å²) in [4.78, 5) is 11.3. The molecule has 2 aromatic carbocycles. The number of fused-ring (bicyclic) bond motifs is 1. The normalized spacial score (nSPS) is 10.2. The first-order valence-corrected chi connectivity index (χ1v) is 4.77. The van der Waals surface area contributed by atoms with Gasteiger partial charge in [0.05, 0.1) is 0 Å². The Kier molecular flexibility index (Phi) is 2.32. The van der Waals surface area contributed by atoms with E-state index in [1.807, 2.05) is 12.1 Å². The molecule has 0 fully saturated rings. The number of hydrogen-bond acceptors (Lipinski definition) is 2. The maximum absolute atomic E-state index is 11.3. The van der Waals surface area contributed by atoms with E-state index in [2.05, 4.69) is 0 Å². The lowest BCUT2D eigenvalue weighted by Crippen LogP contribution is -2.16. The van der Waals surface area contributed by atoms with Crippen LogP contribution in [-0.4, -0.2) is 11.7 Å². The molecule has 0 bridgehead atoms. The van der Waals surface area contributed by atoms with E-state index in [1.54, 1.807) is 24.3 Å². The molecule has 16 heavy (non-hydrogen) atoms. The van der Waals surface area contributed by atoms with Gasteiger partial charge in [-0.25, -0.2) is 0 Å². The summed E-state index contributed by atoms with van der Waals surface area (Å²) in [5.41, 5.74) is 11.7. The summed E-state index contributed by atoms with van der Waals surface area (Å²) in [6, 6.07) is 10.6. The van der Waals surface area contributed by atoms with E-state index < -0.39 is 5.91 Å². The predicted molar refractivity (Wildman–Crippen MR) is 63.5 cm³/mol. The van der Waals surface area contributed by atoms with Crippen LogP contribution in [0.1, 0.15) is 15.9 Å². The highest BCUT2D eigenvalue weighted by molar-refractivity contribution is 6.15. The zero-order valence-corrected chi connectivity index (χ0v) is 8.53. The molecule has 2 rings (SSSR count). The number of carbonyl (C=O) groups is 1. The van der Waals surface area contributed by atoms with Crippen LogP contribution in [0.25, 0.3) is 10.8 Å². The van der Waals surface area contributed by atoms with Gasteiger partial charge in [-0.15, -0.1) is 0 Å². The Labute approximate surface area is 92.4 Å². The molecule has 0 saturated carbocycles. The third kappa shape index (κ3) is 1.50. The van der Waals surface area contributed by atoms with Gasteiger partial charge in [-0.1, -0.05) is 30.3 Å². The number of carbonyl (C=O) groups excluding carboxylic acids is 1. The highest BCUT2D eigenvalue weighted by atomic mass is 16.1. The molecule has 5 N–H and O–H groups in total. The zero-order chi connectivity index (χ0) is 11.7. The maximum atomic E-state index is 11.3. The van der Waals surface area contributed by atoms with Crippen LogP contribution in [0.15, 0.2) is 36.4 Å². The quantitative estimate of drug-likeness (QED) is 0.517. The molecule has 0 unspecified atom stereocenters. The van der Waals surface area contributed by atoms with Crippen molar-refractivity contribution >= 4 is 22.5 Å². The third-order valence-corrected chi connectivity index (χ3v) is 2.46. The Bertz CT molecular complexity index is 541. The minimum Gasteiger partial charge on any atom is -0.384 e. The van der Waals surface area contributed by atoms with Crippen molar-refractivity contribution in [2.45, 2.75) is 0 Å². The molecule has 0 radical (unpaired) electrons. The molecular weight excluding hydrogens is 202 g/mol. The number of nitrogen functional groups attached to an aromatic ring is 1. The highest BCUT2D eigenvalue weighted by Crippen LogP contribution is 2.22. The van der Waals surface area contributed by atoms with Crippen molar-refractivity contribution in [3.8, 4) is 0 Å². The lowest BCUT2D eigenvalue weighted by molar-refractivity contribution is 0.100. The van der Waals surface area contributed by atoms with Gasteiger partial charge in [0.25, 0.3) is 0 Å². The molecule has 80 valence electrons. The molecular formula is C12H11N3O. The van der Waals surface area contributed by atoms with E-state index in [9.17, 15) is 4.79 Å². The number of nitrogens with one attached hydrogen (secondary N) is 1. The molecule has 0 spiro atoms. The van der Waals surface area contributed by atoms with Crippen molar-refractivity contribution in [2.24, 2.45) is 11.5 Å². The molecule has 4 heteroatoms. The van der Waals surface area contributed by atoms with Crippen molar-refractivity contribution < 1.29 is 4.79 Å². The van der Waals surface area contributed by atoms with Gasteiger partial charge < -0.3 is 11.5 Å². The summed E-state index contributed by atoms with van der Waals surface area (Å²) in [5, 5.41) is 8.98. The number of amides is 1. The van der Waals surface area contributed by atoms with Gasteiger partial charge >= 0.3 is 0 Å². The van der Waals surface area contributed by atoms with E-state index >= 15 is 0 Å². The van der Waals surface area contributed by atoms with Crippen molar-refractivity contribution in [3.63, 3.8) is 0 Å². The molecule has 1 amide bonds. The predicted octanol–water partition coefficient (Wildman–Crippen LogP) is 1.22. The Morgan fingerprint density at radius 1 is 1.00 bits per heavy atom. The second-order valence-electron chi connectivity index (χ2n) is 3.49.